The summed E-state index contributed by atoms with van der Waals surface area (Å²) in [6.45, 7) is 1.83. The quantitative estimate of drug-likeness (QED) is 0.874. The van der Waals surface area contributed by atoms with E-state index in [9.17, 15) is 5.11 Å². The molecule has 2 rings (SSSR count). The van der Waals surface area contributed by atoms with E-state index in [1.807, 2.05) is 6.07 Å². The highest BCUT2D eigenvalue weighted by Crippen LogP contribution is 2.27. The summed E-state index contributed by atoms with van der Waals surface area (Å²) in [4.78, 5) is 6.50. The van der Waals surface area contributed by atoms with Crippen molar-refractivity contribution in [2.45, 2.75) is 25.5 Å². The number of aliphatic hydroxyl groups is 1. The van der Waals surface area contributed by atoms with Gasteiger partial charge in [0.05, 0.1) is 11.8 Å². The number of rotatable bonds is 4. The van der Waals surface area contributed by atoms with E-state index in [2.05, 4.69) is 16.9 Å². The molecule has 1 saturated carbocycles. The van der Waals surface area contributed by atoms with Gasteiger partial charge in [0.2, 0.25) is 0 Å². The van der Waals surface area contributed by atoms with Gasteiger partial charge in [-0.2, -0.15) is 0 Å². The molecule has 0 atom stereocenters. The molecule has 16 heavy (non-hydrogen) atoms. The molecule has 0 unspecified atom stereocenters. The van der Waals surface area contributed by atoms with Crippen LogP contribution in [0.25, 0.3) is 0 Å². The van der Waals surface area contributed by atoms with Crippen LogP contribution in [0.2, 0.25) is 5.02 Å². The van der Waals surface area contributed by atoms with E-state index < -0.39 is 0 Å². The lowest BCUT2D eigenvalue weighted by Gasteiger charge is -2.34. The van der Waals surface area contributed by atoms with Gasteiger partial charge in [-0.25, -0.2) is 0 Å². The van der Waals surface area contributed by atoms with Crippen molar-refractivity contribution in [3.05, 3.63) is 29.0 Å². The number of halogens is 1. The Morgan fingerprint density at radius 3 is 2.94 bits per heavy atom. The lowest BCUT2D eigenvalue weighted by molar-refractivity contribution is 0.0272. The smallest absolute Gasteiger partial charge is 0.0558 e. The highest BCUT2D eigenvalue weighted by Gasteiger charge is 2.27. The Kier molecular flexibility index (Phi) is 3.79. The monoisotopic (exact) mass is 240 g/mol. The fourth-order valence-corrected chi connectivity index (χ4v) is 2.35. The first-order valence-electron chi connectivity index (χ1n) is 5.60. The lowest BCUT2D eigenvalue weighted by atomic mass is 9.82. The van der Waals surface area contributed by atoms with Crippen LogP contribution in [0.3, 0.4) is 0 Å². The van der Waals surface area contributed by atoms with Crippen molar-refractivity contribution in [2.75, 3.05) is 13.6 Å². The van der Waals surface area contributed by atoms with Gasteiger partial charge in [-0.05, 0) is 37.9 Å². The zero-order valence-electron chi connectivity index (χ0n) is 9.43. The van der Waals surface area contributed by atoms with E-state index in [-0.39, 0.29) is 6.10 Å². The maximum atomic E-state index is 9.21. The number of pyridine rings is 1. The minimum atomic E-state index is -0.0669. The van der Waals surface area contributed by atoms with Gasteiger partial charge < -0.3 is 10.0 Å². The molecule has 1 N–H and O–H groups in total. The van der Waals surface area contributed by atoms with Gasteiger partial charge >= 0.3 is 0 Å². The van der Waals surface area contributed by atoms with Crippen molar-refractivity contribution >= 4 is 11.6 Å². The summed E-state index contributed by atoms with van der Waals surface area (Å²) in [6, 6.07) is 3.68. The average Bonchev–Trinajstić information content (AvgIpc) is 2.15. The molecule has 0 saturated heterocycles. The van der Waals surface area contributed by atoms with E-state index in [0.717, 1.165) is 36.6 Å². The normalized spacial score (nSPS) is 24.5. The molecule has 3 nitrogen and oxygen atoms in total. The van der Waals surface area contributed by atoms with Gasteiger partial charge in [0, 0.05) is 24.3 Å². The van der Waals surface area contributed by atoms with Crippen molar-refractivity contribution in [3.63, 3.8) is 0 Å². The zero-order valence-corrected chi connectivity index (χ0v) is 10.2. The van der Waals surface area contributed by atoms with Crippen molar-refractivity contribution in [1.82, 2.24) is 9.88 Å². The first-order chi connectivity index (χ1) is 7.63. The molecule has 0 bridgehead atoms. The first-order valence-corrected chi connectivity index (χ1v) is 5.98. The third-order valence-electron chi connectivity index (χ3n) is 2.99. The van der Waals surface area contributed by atoms with Crippen molar-refractivity contribution in [1.29, 1.82) is 0 Å². The van der Waals surface area contributed by atoms with Crippen LogP contribution in [0.5, 0.6) is 0 Å². The van der Waals surface area contributed by atoms with E-state index in [4.69, 9.17) is 11.6 Å². The third kappa shape index (κ3) is 3.17. The fraction of sp³-hybridized carbons (Fsp3) is 0.583. The Labute approximate surface area is 101 Å². The second kappa shape index (κ2) is 5.13. The highest BCUT2D eigenvalue weighted by atomic mass is 35.5. The van der Waals surface area contributed by atoms with Gasteiger partial charge in [-0.1, -0.05) is 11.6 Å². The van der Waals surface area contributed by atoms with Crippen LogP contribution in [0, 0.1) is 5.92 Å². The van der Waals surface area contributed by atoms with Gasteiger partial charge in [0.15, 0.2) is 0 Å². The van der Waals surface area contributed by atoms with Crippen molar-refractivity contribution in [2.24, 2.45) is 5.92 Å². The molecular formula is C12H17ClN2O. The Hall–Kier alpha value is -0.640. The number of hydrogen-bond acceptors (Lipinski definition) is 3. The third-order valence-corrected chi connectivity index (χ3v) is 3.23. The summed E-state index contributed by atoms with van der Waals surface area (Å²) >= 11 is 5.90. The summed E-state index contributed by atoms with van der Waals surface area (Å²) in [7, 11) is 2.08. The first kappa shape index (κ1) is 11.8. The maximum absolute atomic E-state index is 9.21. The molecule has 4 heteroatoms. The second-order valence-electron chi connectivity index (χ2n) is 4.65. The standard InChI is InChI=1S/C12H17ClN2O/c1-15(7-9-4-12(16)5-9)8-11-6-10(13)2-3-14-11/h2-3,6,9,12,16H,4-5,7-8H2,1H3. The molecule has 0 amide bonds. The number of hydrogen-bond donors (Lipinski definition) is 1. The zero-order chi connectivity index (χ0) is 11.5. The molecule has 1 aromatic heterocycles. The summed E-state index contributed by atoms with van der Waals surface area (Å²) in [5.41, 5.74) is 0.995. The van der Waals surface area contributed by atoms with Crippen LogP contribution >= 0.6 is 11.6 Å². The van der Waals surface area contributed by atoms with Crippen LogP contribution in [-0.4, -0.2) is 34.7 Å². The summed E-state index contributed by atoms with van der Waals surface area (Å²) < 4.78 is 0. The summed E-state index contributed by atoms with van der Waals surface area (Å²) in [5, 5.41) is 9.94. The molecule has 1 aromatic rings. The number of aromatic nitrogens is 1. The summed E-state index contributed by atoms with van der Waals surface area (Å²) in [5.74, 6) is 0.638. The van der Waals surface area contributed by atoms with Crippen LogP contribution in [0.1, 0.15) is 18.5 Å². The molecule has 1 heterocycles. The molecule has 0 radical (unpaired) electrons. The SMILES string of the molecule is CN(Cc1cc(Cl)ccn1)CC1CC(O)C1. The number of nitrogens with zero attached hydrogens (tertiary/aromatic N) is 2. The van der Waals surface area contributed by atoms with E-state index in [1.165, 1.54) is 0 Å². The maximum Gasteiger partial charge on any atom is 0.0558 e. The largest absolute Gasteiger partial charge is 0.393 e. The topological polar surface area (TPSA) is 36.4 Å². The molecule has 0 aliphatic heterocycles. The van der Waals surface area contributed by atoms with E-state index >= 15 is 0 Å². The molecule has 0 spiro atoms. The van der Waals surface area contributed by atoms with E-state index in [0.29, 0.717) is 5.92 Å². The predicted molar refractivity (Wildman–Crippen MR) is 64.3 cm³/mol. The lowest BCUT2D eigenvalue weighted by Crippen LogP contribution is -2.36. The Bertz CT molecular complexity index is 353. The highest BCUT2D eigenvalue weighted by molar-refractivity contribution is 6.30. The molecule has 1 fully saturated rings. The molecule has 88 valence electrons. The fourth-order valence-electron chi connectivity index (χ4n) is 2.17. The number of aliphatic hydroxyl groups excluding tert-OH is 1. The van der Waals surface area contributed by atoms with Crippen molar-refractivity contribution in [3.8, 4) is 0 Å². The average molecular weight is 241 g/mol. The minimum Gasteiger partial charge on any atom is -0.393 e. The van der Waals surface area contributed by atoms with Gasteiger partial charge in [0.1, 0.15) is 0 Å². The molecule has 0 aromatic carbocycles. The van der Waals surface area contributed by atoms with Gasteiger partial charge in [0.25, 0.3) is 0 Å². The van der Waals surface area contributed by atoms with Gasteiger partial charge in [-0.3, -0.25) is 4.98 Å². The minimum absolute atomic E-state index is 0.0669. The Balaban J connectivity index is 1.80. The van der Waals surface area contributed by atoms with Crippen LogP contribution < -0.4 is 0 Å². The van der Waals surface area contributed by atoms with E-state index in [1.54, 1.807) is 12.3 Å². The molecule has 1 aliphatic carbocycles. The van der Waals surface area contributed by atoms with Gasteiger partial charge in [-0.15, -0.1) is 0 Å². The molecule has 1 aliphatic rings. The Morgan fingerprint density at radius 1 is 1.56 bits per heavy atom. The predicted octanol–water partition coefficient (Wildman–Crippen LogP) is 1.94. The van der Waals surface area contributed by atoms with Crippen LogP contribution in [0.15, 0.2) is 18.3 Å². The van der Waals surface area contributed by atoms with Crippen LogP contribution in [-0.2, 0) is 6.54 Å². The second-order valence-corrected chi connectivity index (χ2v) is 5.09. The van der Waals surface area contributed by atoms with Crippen molar-refractivity contribution < 1.29 is 5.11 Å². The molecular weight excluding hydrogens is 224 g/mol. The Morgan fingerprint density at radius 2 is 2.31 bits per heavy atom. The van der Waals surface area contributed by atoms with Crippen LogP contribution in [0.4, 0.5) is 0 Å². The summed E-state index contributed by atoms with van der Waals surface area (Å²) in [6.07, 6.45) is 3.54.